The van der Waals surface area contributed by atoms with Gasteiger partial charge in [-0.05, 0) is 19.1 Å². The number of aryl methyl sites for hydroxylation is 1. The first-order chi connectivity index (χ1) is 6.52. The number of anilines is 1. The number of hydrogen-bond donors (Lipinski definition) is 0. The summed E-state index contributed by atoms with van der Waals surface area (Å²) in [5.41, 5.74) is 2.16. The quantitative estimate of drug-likeness (QED) is 0.703. The van der Waals surface area contributed by atoms with Gasteiger partial charge in [0.15, 0.2) is 0 Å². The molecule has 1 rings (SSSR count). The van der Waals surface area contributed by atoms with E-state index in [1.807, 2.05) is 52.1 Å². The van der Waals surface area contributed by atoms with E-state index in [0.29, 0.717) is 0 Å². The van der Waals surface area contributed by atoms with E-state index in [1.54, 1.807) is 4.90 Å². The zero-order valence-corrected chi connectivity index (χ0v) is 9.24. The first-order valence-electron chi connectivity index (χ1n) is 4.86. The molecule has 76 valence electrons. The fourth-order valence-corrected chi connectivity index (χ4v) is 1.28. The van der Waals surface area contributed by atoms with E-state index >= 15 is 0 Å². The van der Waals surface area contributed by atoms with Crippen LogP contribution in [0, 0.1) is 12.8 Å². The molecule has 0 spiro atoms. The van der Waals surface area contributed by atoms with Crippen LogP contribution >= 0.6 is 0 Å². The highest BCUT2D eigenvalue weighted by molar-refractivity contribution is 5.94. The lowest BCUT2D eigenvalue weighted by Crippen LogP contribution is -2.30. The minimum absolute atomic E-state index is 0.0429. The second-order valence-corrected chi connectivity index (χ2v) is 3.89. The Hall–Kier alpha value is -1.31. The molecule has 0 saturated carbocycles. The van der Waals surface area contributed by atoms with Crippen molar-refractivity contribution in [1.29, 1.82) is 0 Å². The van der Waals surface area contributed by atoms with E-state index < -0.39 is 0 Å². The first-order valence-corrected chi connectivity index (χ1v) is 4.86. The Balaban J connectivity index is 2.84. The smallest absolute Gasteiger partial charge is 0.229 e. The number of amides is 1. The molecule has 1 amide bonds. The fraction of sp³-hybridized carbons (Fsp3) is 0.417. The van der Waals surface area contributed by atoms with Gasteiger partial charge in [-0.25, -0.2) is 0 Å². The minimum atomic E-state index is 0.0429. The molecule has 0 aliphatic heterocycles. The molecule has 0 aromatic heterocycles. The van der Waals surface area contributed by atoms with Crippen LogP contribution in [0.5, 0.6) is 0 Å². The molecule has 0 aliphatic rings. The second-order valence-electron chi connectivity index (χ2n) is 3.89. The molecule has 0 radical (unpaired) electrons. The zero-order chi connectivity index (χ0) is 10.7. The topological polar surface area (TPSA) is 20.3 Å². The summed E-state index contributed by atoms with van der Waals surface area (Å²) < 4.78 is 0. The molecule has 0 saturated heterocycles. The van der Waals surface area contributed by atoms with Crippen molar-refractivity contribution in [1.82, 2.24) is 0 Å². The van der Waals surface area contributed by atoms with Gasteiger partial charge in [0.05, 0.1) is 0 Å². The molecule has 0 aliphatic carbocycles. The van der Waals surface area contributed by atoms with Gasteiger partial charge in [-0.15, -0.1) is 0 Å². The summed E-state index contributed by atoms with van der Waals surface area (Å²) in [5.74, 6) is 0.190. The SMILES string of the molecule is Cc1ccc(N(C)C(=O)C(C)C)cc1. The lowest BCUT2D eigenvalue weighted by molar-refractivity contribution is -0.121. The highest BCUT2D eigenvalue weighted by Crippen LogP contribution is 2.15. The van der Waals surface area contributed by atoms with Crippen molar-refractivity contribution >= 4 is 11.6 Å². The highest BCUT2D eigenvalue weighted by atomic mass is 16.2. The number of rotatable bonds is 2. The van der Waals surface area contributed by atoms with Gasteiger partial charge >= 0.3 is 0 Å². The van der Waals surface area contributed by atoms with Gasteiger partial charge in [-0.1, -0.05) is 31.5 Å². The van der Waals surface area contributed by atoms with Gasteiger partial charge in [0.2, 0.25) is 5.91 Å². The number of benzene rings is 1. The standard InChI is InChI=1S/C12H17NO/c1-9(2)12(14)13(4)11-7-5-10(3)6-8-11/h5-9H,1-4H3. The van der Waals surface area contributed by atoms with E-state index in [4.69, 9.17) is 0 Å². The Morgan fingerprint density at radius 2 is 1.71 bits per heavy atom. The van der Waals surface area contributed by atoms with E-state index in [9.17, 15) is 4.79 Å². The molecule has 0 fully saturated rings. The third-order valence-electron chi connectivity index (χ3n) is 2.25. The second kappa shape index (κ2) is 4.27. The summed E-state index contributed by atoms with van der Waals surface area (Å²) in [7, 11) is 1.81. The normalized spacial score (nSPS) is 10.4. The largest absolute Gasteiger partial charge is 0.315 e. The van der Waals surface area contributed by atoms with Crippen molar-refractivity contribution in [3.8, 4) is 0 Å². The van der Waals surface area contributed by atoms with Crippen molar-refractivity contribution in [3.05, 3.63) is 29.8 Å². The number of hydrogen-bond acceptors (Lipinski definition) is 1. The van der Waals surface area contributed by atoms with Crippen LogP contribution in [0.3, 0.4) is 0 Å². The lowest BCUT2D eigenvalue weighted by atomic mass is 10.1. The lowest BCUT2D eigenvalue weighted by Gasteiger charge is -2.19. The summed E-state index contributed by atoms with van der Waals surface area (Å²) in [4.78, 5) is 13.4. The van der Waals surface area contributed by atoms with Crippen molar-refractivity contribution in [2.24, 2.45) is 5.92 Å². The van der Waals surface area contributed by atoms with Crippen LogP contribution in [0.1, 0.15) is 19.4 Å². The summed E-state index contributed by atoms with van der Waals surface area (Å²) in [6.07, 6.45) is 0. The number of carbonyl (C=O) groups excluding carboxylic acids is 1. The predicted molar refractivity (Wildman–Crippen MR) is 59.4 cm³/mol. The van der Waals surface area contributed by atoms with Crippen molar-refractivity contribution < 1.29 is 4.79 Å². The molecular weight excluding hydrogens is 174 g/mol. The highest BCUT2D eigenvalue weighted by Gasteiger charge is 2.13. The third kappa shape index (κ3) is 2.34. The fourth-order valence-electron chi connectivity index (χ4n) is 1.28. The van der Waals surface area contributed by atoms with Crippen LogP contribution in [0.25, 0.3) is 0 Å². The predicted octanol–water partition coefficient (Wildman–Crippen LogP) is 2.61. The Labute approximate surface area is 85.5 Å². The average Bonchev–Trinajstić information content (AvgIpc) is 2.16. The van der Waals surface area contributed by atoms with Crippen LogP contribution in [0.2, 0.25) is 0 Å². The molecule has 0 heterocycles. The van der Waals surface area contributed by atoms with E-state index in [2.05, 4.69) is 0 Å². The maximum atomic E-state index is 11.7. The molecule has 0 N–H and O–H groups in total. The van der Waals surface area contributed by atoms with Crippen molar-refractivity contribution in [3.63, 3.8) is 0 Å². The summed E-state index contributed by atoms with van der Waals surface area (Å²) >= 11 is 0. The van der Waals surface area contributed by atoms with E-state index in [0.717, 1.165) is 5.69 Å². The van der Waals surface area contributed by atoms with Crippen molar-refractivity contribution in [2.45, 2.75) is 20.8 Å². The van der Waals surface area contributed by atoms with Crippen molar-refractivity contribution in [2.75, 3.05) is 11.9 Å². The van der Waals surface area contributed by atoms with E-state index in [-0.39, 0.29) is 11.8 Å². The van der Waals surface area contributed by atoms with Gasteiger partial charge in [-0.2, -0.15) is 0 Å². The zero-order valence-electron chi connectivity index (χ0n) is 9.24. The van der Waals surface area contributed by atoms with E-state index in [1.165, 1.54) is 5.56 Å². The van der Waals surface area contributed by atoms with Gasteiger partial charge < -0.3 is 4.90 Å². The minimum Gasteiger partial charge on any atom is -0.315 e. The first kappa shape index (κ1) is 10.8. The number of carbonyl (C=O) groups is 1. The molecule has 2 heteroatoms. The van der Waals surface area contributed by atoms with Gasteiger partial charge in [0, 0.05) is 18.7 Å². The monoisotopic (exact) mass is 191 g/mol. The van der Waals surface area contributed by atoms with Crippen LogP contribution < -0.4 is 4.90 Å². The molecule has 0 bridgehead atoms. The Morgan fingerprint density at radius 3 is 2.14 bits per heavy atom. The molecule has 0 atom stereocenters. The number of nitrogens with zero attached hydrogens (tertiary/aromatic N) is 1. The maximum absolute atomic E-state index is 11.7. The third-order valence-corrected chi connectivity index (χ3v) is 2.25. The molecule has 1 aromatic carbocycles. The van der Waals surface area contributed by atoms with Gasteiger partial charge in [0.25, 0.3) is 0 Å². The molecule has 2 nitrogen and oxygen atoms in total. The Bertz CT molecular complexity index is 314. The molecular formula is C12H17NO. The summed E-state index contributed by atoms with van der Waals surface area (Å²) in [6, 6.07) is 7.96. The average molecular weight is 191 g/mol. The van der Waals surface area contributed by atoms with Crippen LogP contribution in [0.4, 0.5) is 5.69 Å². The molecule has 14 heavy (non-hydrogen) atoms. The molecule has 1 aromatic rings. The van der Waals surface area contributed by atoms with Gasteiger partial charge in [0.1, 0.15) is 0 Å². The maximum Gasteiger partial charge on any atom is 0.229 e. The van der Waals surface area contributed by atoms with Crippen LogP contribution in [0.15, 0.2) is 24.3 Å². The summed E-state index contributed by atoms with van der Waals surface area (Å²) in [5, 5.41) is 0. The Morgan fingerprint density at radius 1 is 1.21 bits per heavy atom. The van der Waals surface area contributed by atoms with Crippen LogP contribution in [-0.4, -0.2) is 13.0 Å². The summed E-state index contributed by atoms with van der Waals surface area (Å²) in [6.45, 7) is 5.86. The Kier molecular flexibility index (Phi) is 3.28. The molecule has 0 unspecified atom stereocenters. The van der Waals surface area contributed by atoms with Gasteiger partial charge in [-0.3, -0.25) is 4.79 Å². The van der Waals surface area contributed by atoms with Crippen LogP contribution in [-0.2, 0) is 4.79 Å².